The minimum absolute atomic E-state index is 0.317. The van der Waals surface area contributed by atoms with Crippen LogP contribution in [0.3, 0.4) is 0 Å². The van der Waals surface area contributed by atoms with E-state index in [-0.39, 0.29) is 5.82 Å². The third-order valence-corrected chi connectivity index (χ3v) is 2.66. The van der Waals surface area contributed by atoms with E-state index in [9.17, 15) is 4.39 Å². The number of fused-ring (bicyclic) bond motifs is 1. The lowest BCUT2D eigenvalue weighted by Gasteiger charge is -2.06. The van der Waals surface area contributed by atoms with Gasteiger partial charge in [0.25, 0.3) is 0 Å². The molecule has 0 saturated carbocycles. The van der Waals surface area contributed by atoms with Crippen LogP contribution in [0.2, 0.25) is 5.15 Å². The van der Waals surface area contributed by atoms with Crippen molar-refractivity contribution >= 4 is 34.3 Å². The molecule has 0 fully saturated rings. The van der Waals surface area contributed by atoms with Crippen molar-refractivity contribution in [3.8, 4) is 0 Å². The van der Waals surface area contributed by atoms with E-state index in [1.807, 2.05) is 0 Å². The monoisotopic (exact) mass is 275 g/mol. The molecule has 3 aromatic rings. The van der Waals surface area contributed by atoms with Crippen molar-refractivity contribution in [3.05, 3.63) is 47.8 Å². The molecule has 1 aromatic carbocycles. The third kappa shape index (κ3) is 2.43. The molecule has 0 saturated heterocycles. The van der Waals surface area contributed by atoms with E-state index in [4.69, 9.17) is 11.6 Å². The van der Waals surface area contributed by atoms with Gasteiger partial charge in [-0.2, -0.15) is 0 Å². The topological polar surface area (TPSA) is 63.6 Å². The highest BCUT2D eigenvalue weighted by Gasteiger charge is 2.06. The van der Waals surface area contributed by atoms with Gasteiger partial charge in [0.1, 0.15) is 23.1 Å². The molecular weight excluding hydrogens is 269 g/mol. The number of benzene rings is 1. The summed E-state index contributed by atoms with van der Waals surface area (Å²) in [6.07, 6.45) is 2.87. The summed E-state index contributed by atoms with van der Waals surface area (Å²) < 4.78 is 13.1. The Labute approximate surface area is 112 Å². The maximum Gasteiger partial charge on any atom is 0.229 e. The fourth-order valence-corrected chi connectivity index (χ4v) is 1.77. The number of halogens is 2. The molecule has 7 heteroatoms. The molecule has 5 nitrogen and oxygen atoms in total. The SMILES string of the molecule is Fc1ccc2c(Nc3nccc(Cl)n3)ncnc2c1. The fraction of sp³-hybridized carbons (Fsp3) is 0. The average molecular weight is 276 g/mol. The zero-order chi connectivity index (χ0) is 13.2. The second-order valence-electron chi connectivity index (χ2n) is 3.71. The molecule has 0 amide bonds. The van der Waals surface area contributed by atoms with Crippen molar-refractivity contribution in [2.45, 2.75) is 0 Å². The van der Waals surface area contributed by atoms with Crippen LogP contribution in [0, 0.1) is 5.82 Å². The molecule has 2 heterocycles. The molecule has 94 valence electrons. The summed E-state index contributed by atoms with van der Waals surface area (Å²) in [5, 5.41) is 3.92. The summed E-state index contributed by atoms with van der Waals surface area (Å²) >= 11 is 5.78. The highest BCUT2D eigenvalue weighted by atomic mass is 35.5. The van der Waals surface area contributed by atoms with E-state index in [1.165, 1.54) is 24.7 Å². The normalized spacial score (nSPS) is 10.6. The third-order valence-electron chi connectivity index (χ3n) is 2.45. The van der Waals surface area contributed by atoms with Gasteiger partial charge >= 0.3 is 0 Å². The van der Waals surface area contributed by atoms with E-state index in [1.54, 1.807) is 12.1 Å². The largest absolute Gasteiger partial charge is 0.308 e. The van der Waals surface area contributed by atoms with Gasteiger partial charge < -0.3 is 5.32 Å². The molecule has 0 radical (unpaired) electrons. The Morgan fingerprint density at radius 1 is 1.11 bits per heavy atom. The quantitative estimate of drug-likeness (QED) is 0.729. The molecule has 0 aliphatic rings. The van der Waals surface area contributed by atoms with E-state index in [2.05, 4.69) is 25.3 Å². The summed E-state index contributed by atoms with van der Waals surface area (Å²) in [5.74, 6) is 0.459. The minimum Gasteiger partial charge on any atom is -0.308 e. The molecule has 0 bridgehead atoms. The first-order chi connectivity index (χ1) is 9.22. The van der Waals surface area contributed by atoms with Crippen LogP contribution < -0.4 is 5.32 Å². The van der Waals surface area contributed by atoms with Gasteiger partial charge in [-0.05, 0) is 18.2 Å². The Morgan fingerprint density at radius 3 is 2.84 bits per heavy atom. The Morgan fingerprint density at radius 2 is 2.00 bits per heavy atom. The molecule has 0 aliphatic carbocycles. The van der Waals surface area contributed by atoms with Crippen molar-refractivity contribution in [1.82, 2.24) is 19.9 Å². The maximum atomic E-state index is 13.1. The van der Waals surface area contributed by atoms with Gasteiger partial charge in [0.05, 0.1) is 5.52 Å². The number of anilines is 2. The van der Waals surface area contributed by atoms with Gasteiger partial charge in [-0.3, -0.25) is 0 Å². The minimum atomic E-state index is -0.351. The predicted octanol–water partition coefficient (Wildman–Crippen LogP) is 2.96. The molecule has 0 aliphatic heterocycles. The Hall–Kier alpha value is -2.34. The van der Waals surface area contributed by atoms with Crippen LogP contribution in [0.15, 0.2) is 36.8 Å². The van der Waals surface area contributed by atoms with Crippen LogP contribution in [0.4, 0.5) is 16.2 Å². The summed E-state index contributed by atoms with van der Waals surface area (Å²) in [4.78, 5) is 16.1. The number of hydrogen-bond acceptors (Lipinski definition) is 5. The molecule has 3 rings (SSSR count). The second kappa shape index (κ2) is 4.74. The zero-order valence-corrected chi connectivity index (χ0v) is 10.3. The summed E-state index contributed by atoms with van der Waals surface area (Å²) in [5.41, 5.74) is 0.500. The molecule has 0 unspecified atom stereocenters. The van der Waals surface area contributed by atoms with Gasteiger partial charge in [-0.15, -0.1) is 0 Å². The molecule has 1 N–H and O–H groups in total. The summed E-state index contributed by atoms with van der Waals surface area (Å²) in [6, 6.07) is 5.84. The average Bonchev–Trinajstić information content (AvgIpc) is 2.38. The van der Waals surface area contributed by atoms with Crippen LogP contribution in [0.1, 0.15) is 0 Å². The lowest BCUT2D eigenvalue weighted by molar-refractivity contribution is 0.629. The van der Waals surface area contributed by atoms with Gasteiger partial charge in [0, 0.05) is 17.6 Å². The van der Waals surface area contributed by atoms with Crippen LogP contribution in [0.25, 0.3) is 10.9 Å². The highest BCUT2D eigenvalue weighted by Crippen LogP contribution is 2.22. The smallest absolute Gasteiger partial charge is 0.229 e. The Bertz CT molecular complexity index is 749. The number of nitrogens with one attached hydrogen (secondary N) is 1. The lowest BCUT2D eigenvalue weighted by Crippen LogP contribution is -2.00. The van der Waals surface area contributed by atoms with E-state index >= 15 is 0 Å². The van der Waals surface area contributed by atoms with Crippen LogP contribution in [-0.2, 0) is 0 Å². The Kier molecular flexibility index (Phi) is 2.92. The van der Waals surface area contributed by atoms with Crippen LogP contribution >= 0.6 is 11.6 Å². The van der Waals surface area contributed by atoms with Crippen molar-refractivity contribution in [2.24, 2.45) is 0 Å². The van der Waals surface area contributed by atoms with Gasteiger partial charge in [-0.25, -0.2) is 24.3 Å². The van der Waals surface area contributed by atoms with E-state index < -0.39 is 0 Å². The highest BCUT2D eigenvalue weighted by molar-refractivity contribution is 6.29. The van der Waals surface area contributed by atoms with Crippen LogP contribution in [-0.4, -0.2) is 19.9 Å². The Balaban J connectivity index is 2.06. The second-order valence-corrected chi connectivity index (χ2v) is 4.10. The van der Waals surface area contributed by atoms with Gasteiger partial charge in [0.2, 0.25) is 5.95 Å². The maximum absolute atomic E-state index is 13.1. The number of hydrogen-bond donors (Lipinski definition) is 1. The fourth-order valence-electron chi connectivity index (χ4n) is 1.63. The predicted molar refractivity (Wildman–Crippen MR) is 69.8 cm³/mol. The molecular formula is C12H7ClFN5. The standard InChI is InChI=1S/C12H7ClFN5/c13-10-3-4-15-12(18-10)19-11-8-2-1-7(14)5-9(8)16-6-17-11/h1-6H,(H,15,16,17,18,19). The lowest BCUT2D eigenvalue weighted by atomic mass is 10.2. The molecule has 2 aromatic heterocycles. The number of rotatable bonds is 2. The molecule has 19 heavy (non-hydrogen) atoms. The molecule has 0 spiro atoms. The summed E-state index contributed by atoms with van der Waals surface area (Å²) in [6.45, 7) is 0. The van der Waals surface area contributed by atoms with Crippen molar-refractivity contribution in [1.29, 1.82) is 0 Å². The van der Waals surface area contributed by atoms with Crippen LogP contribution in [0.5, 0.6) is 0 Å². The van der Waals surface area contributed by atoms with Gasteiger partial charge in [0.15, 0.2) is 0 Å². The summed E-state index contributed by atoms with van der Waals surface area (Å²) in [7, 11) is 0. The number of aromatic nitrogens is 4. The number of nitrogens with zero attached hydrogens (tertiary/aromatic N) is 4. The van der Waals surface area contributed by atoms with E-state index in [0.29, 0.717) is 27.8 Å². The van der Waals surface area contributed by atoms with Crippen molar-refractivity contribution in [3.63, 3.8) is 0 Å². The van der Waals surface area contributed by atoms with E-state index in [0.717, 1.165) is 0 Å². The van der Waals surface area contributed by atoms with Gasteiger partial charge in [-0.1, -0.05) is 11.6 Å². The molecule has 0 atom stereocenters. The zero-order valence-electron chi connectivity index (χ0n) is 9.51. The van der Waals surface area contributed by atoms with Crippen molar-refractivity contribution in [2.75, 3.05) is 5.32 Å². The first-order valence-electron chi connectivity index (χ1n) is 5.38. The van der Waals surface area contributed by atoms with Crippen molar-refractivity contribution < 1.29 is 4.39 Å². The first-order valence-corrected chi connectivity index (χ1v) is 5.76. The first kappa shape index (κ1) is 11.7.